The Labute approximate surface area is 265 Å². The lowest BCUT2D eigenvalue weighted by Gasteiger charge is -2.35. The van der Waals surface area contributed by atoms with E-state index in [-0.39, 0.29) is 29.1 Å². The summed E-state index contributed by atoms with van der Waals surface area (Å²) in [5, 5.41) is 11.6. The third-order valence-corrected chi connectivity index (χ3v) is 12.8. The van der Waals surface area contributed by atoms with Crippen LogP contribution in [0.1, 0.15) is 158 Å². The molecule has 0 spiro atoms. The summed E-state index contributed by atoms with van der Waals surface area (Å²) in [6.45, 7) is 4.49. The molecule has 4 fully saturated rings. The van der Waals surface area contributed by atoms with Gasteiger partial charge in [-0.15, -0.1) is 11.8 Å². The lowest BCUT2D eigenvalue weighted by molar-refractivity contribution is -0.122. The summed E-state index contributed by atoms with van der Waals surface area (Å²) in [5.74, 6) is 1.40. The Bertz CT molecular complexity index is 1050. The number of benzene rings is 1. The number of hydrogen-bond donors (Lipinski definition) is 4. The van der Waals surface area contributed by atoms with Gasteiger partial charge in [0.2, 0.25) is 5.91 Å². The first-order valence-electron chi connectivity index (χ1n) is 18.1. The zero-order chi connectivity index (χ0) is 29.6. The van der Waals surface area contributed by atoms with Gasteiger partial charge in [-0.1, -0.05) is 102 Å². The summed E-state index contributed by atoms with van der Waals surface area (Å²) in [6.07, 6.45) is 24.2. The Balaban J connectivity index is 1.09. The number of rotatable bonds is 6. The molecule has 1 aromatic carbocycles. The van der Waals surface area contributed by atoms with Crippen LogP contribution in [0.15, 0.2) is 18.2 Å². The van der Waals surface area contributed by atoms with Gasteiger partial charge in [-0.3, -0.25) is 14.9 Å². The average Bonchev–Trinajstić information content (AvgIpc) is 3.76. The third kappa shape index (κ3) is 7.48. The number of fused-ring (bicyclic) bond motifs is 1. The topological polar surface area (TPSA) is 74.4 Å². The molecule has 43 heavy (non-hydrogen) atoms. The highest BCUT2D eigenvalue weighted by molar-refractivity contribution is 8.01. The van der Waals surface area contributed by atoms with E-state index in [4.69, 9.17) is 4.84 Å². The molecule has 2 saturated carbocycles. The Morgan fingerprint density at radius 3 is 2.26 bits per heavy atom. The van der Waals surface area contributed by atoms with Crippen LogP contribution in [0.25, 0.3) is 0 Å². The lowest BCUT2D eigenvalue weighted by Crippen LogP contribution is -2.48. The average molecular weight is 611 g/mol. The summed E-state index contributed by atoms with van der Waals surface area (Å²) in [4.78, 5) is 20.3. The van der Waals surface area contributed by atoms with E-state index in [0.29, 0.717) is 23.3 Å². The van der Waals surface area contributed by atoms with Crippen LogP contribution in [0, 0.1) is 11.8 Å². The van der Waals surface area contributed by atoms with Crippen LogP contribution >= 0.6 is 11.8 Å². The molecule has 6 atom stereocenters. The molecule has 0 radical (unpaired) electrons. The fraction of sp³-hybridized carbons (Fsp3) is 0.806. The maximum atomic E-state index is 13.8. The van der Waals surface area contributed by atoms with E-state index in [2.05, 4.69) is 53.5 Å². The zero-order valence-corrected chi connectivity index (χ0v) is 27.7. The molecule has 0 bridgehead atoms. The van der Waals surface area contributed by atoms with Gasteiger partial charge in [-0.05, 0) is 74.5 Å². The van der Waals surface area contributed by atoms with Crippen LogP contribution in [0.3, 0.4) is 0 Å². The Kier molecular flexibility index (Phi) is 11.1. The number of nitrogens with one attached hydrogen (secondary N) is 4. The molecule has 4 N–H and O–H groups in total. The smallest absolute Gasteiger partial charge is 0.235 e. The van der Waals surface area contributed by atoms with Crippen LogP contribution < -0.4 is 21.4 Å². The highest BCUT2D eigenvalue weighted by Gasteiger charge is 2.46. The zero-order valence-electron chi connectivity index (χ0n) is 26.9. The first kappa shape index (κ1) is 31.8. The van der Waals surface area contributed by atoms with Gasteiger partial charge in [0.1, 0.15) is 17.1 Å². The van der Waals surface area contributed by atoms with Crippen LogP contribution in [-0.2, 0) is 16.1 Å². The van der Waals surface area contributed by atoms with Crippen LogP contribution in [-0.4, -0.2) is 28.3 Å². The van der Waals surface area contributed by atoms with Gasteiger partial charge in [-0.25, -0.2) is 0 Å². The molecule has 7 heteroatoms. The summed E-state index contributed by atoms with van der Waals surface area (Å²) < 4.78 is 0. The number of hydroxylamine groups is 1. The van der Waals surface area contributed by atoms with Crippen LogP contribution in [0.5, 0.6) is 0 Å². The summed E-state index contributed by atoms with van der Waals surface area (Å²) in [5.41, 5.74) is 7.03. The molecular formula is C36H58N4O2S. The van der Waals surface area contributed by atoms with E-state index in [9.17, 15) is 4.79 Å². The third-order valence-electron chi connectivity index (χ3n) is 11.5. The van der Waals surface area contributed by atoms with E-state index in [0.717, 1.165) is 19.3 Å². The number of aryl methyl sites for hydroxylation is 1. The monoisotopic (exact) mass is 610 g/mol. The van der Waals surface area contributed by atoms with E-state index in [1.807, 2.05) is 11.8 Å². The molecule has 2 saturated heterocycles. The summed E-state index contributed by atoms with van der Waals surface area (Å²) in [6, 6.07) is 7.29. The van der Waals surface area contributed by atoms with Gasteiger partial charge >= 0.3 is 0 Å². The lowest BCUT2D eigenvalue weighted by atomic mass is 9.84. The van der Waals surface area contributed by atoms with E-state index < -0.39 is 0 Å². The fourth-order valence-electron chi connectivity index (χ4n) is 8.94. The van der Waals surface area contributed by atoms with Gasteiger partial charge in [0.25, 0.3) is 0 Å². The summed E-state index contributed by atoms with van der Waals surface area (Å²) >= 11 is 1.84. The van der Waals surface area contributed by atoms with E-state index in [1.54, 1.807) is 0 Å². The van der Waals surface area contributed by atoms with Crippen molar-refractivity contribution in [3.8, 4) is 0 Å². The van der Waals surface area contributed by atoms with Gasteiger partial charge in [0.05, 0.1) is 11.4 Å². The first-order valence-corrected chi connectivity index (χ1v) is 19.1. The quantitative estimate of drug-likeness (QED) is 0.262. The molecule has 1 amide bonds. The number of carbonyl (C=O) groups excluding carboxylic acids is 1. The summed E-state index contributed by atoms with van der Waals surface area (Å²) in [7, 11) is 0. The van der Waals surface area contributed by atoms with Crippen molar-refractivity contribution in [3.05, 3.63) is 34.9 Å². The Morgan fingerprint density at radius 2 is 1.58 bits per heavy atom. The standard InChI is InChI=1S/C36H58N4O2S/c1-3-36(29-18-14-10-6-7-11-15-19-29)39-34(40-42-36)28-20-22-30-27(24-28)21-23-31(30)38-35(41)33-32(37-25(2)43-33)26-16-12-8-4-5-9-13-17-26/h20,22,24-26,29,31-34,37,39-40H,3-19,21,23H2,1-2H3,(H,38,41)/t25?,31-,32?,33?,34?,36?/m1/s1. The second-order valence-corrected chi connectivity index (χ2v) is 15.8. The molecule has 2 heterocycles. The molecule has 240 valence electrons. The molecule has 0 aromatic heterocycles. The maximum absolute atomic E-state index is 13.8. The minimum Gasteiger partial charge on any atom is -0.348 e. The highest BCUT2D eigenvalue weighted by Crippen LogP contribution is 2.41. The van der Waals surface area contributed by atoms with Gasteiger partial charge in [-0.2, -0.15) is 5.48 Å². The van der Waals surface area contributed by atoms with Crippen molar-refractivity contribution >= 4 is 17.7 Å². The van der Waals surface area contributed by atoms with Gasteiger partial charge in [0, 0.05) is 12.0 Å². The van der Waals surface area contributed by atoms with E-state index in [1.165, 1.54) is 119 Å². The second kappa shape index (κ2) is 15.0. The molecule has 3 aliphatic carbocycles. The molecule has 2 aliphatic heterocycles. The number of carbonyl (C=O) groups is 1. The normalized spacial score (nSPS) is 35.3. The SMILES string of the molecule is CCC1(C2CCCCCCCC2)NC(c2ccc3c(c2)CC[C@H]3NC(=O)C2SC(C)NC2C2CCCCCCCC2)NO1. The van der Waals surface area contributed by atoms with Crippen molar-refractivity contribution in [2.24, 2.45) is 11.8 Å². The molecular weight excluding hydrogens is 552 g/mol. The van der Waals surface area contributed by atoms with Crippen molar-refractivity contribution in [2.45, 2.75) is 170 Å². The van der Waals surface area contributed by atoms with Crippen molar-refractivity contribution in [1.82, 2.24) is 21.4 Å². The molecule has 5 unspecified atom stereocenters. The number of amides is 1. The Hall–Kier alpha value is -1.12. The number of thioether (sulfide) groups is 1. The number of hydrogen-bond acceptors (Lipinski definition) is 6. The molecule has 6 rings (SSSR count). The van der Waals surface area contributed by atoms with Crippen molar-refractivity contribution in [1.29, 1.82) is 0 Å². The second-order valence-electron chi connectivity index (χ2n) is 14.3. The minimum absolute atomic E-state index is 0.00250. The predicted molar refractivity (Wildman–Crippen MR) is 177 cm³/mol. The molecule has 5 aliphatic rings. The molecule has 6 nitrogen and oxygen atoms in total. The molecule has 1 aromatic rings. The van der Waals surface area contributed by atoms with Gasteiger partial charge in [0.15, 0.2) is 0 Å². The maximum Gasteiger partial charge on any atom is 0.235 e. The van der Waals surface area contributed by atoms with Crippen molar-refractivity contribution in [3.63, 3.8) is 0 Å². The van der Waals surface area contributed by atoms with E-state index >= 15 is 0 Å². The van der Waals surface area contributed by atoms with Crippen molar-refractivity contribution in [2.75, 3.05) is 0 Å². The van der Waals surface area contributed by atoms with Gasteiger partial charge < -0.3 is 10.6 Å². The first-order chi connectivity index (χ1) is 21.1. The highest BCUT2D eigenvalue weighted by atomic mass is 32.2. The minimum atomic E-state index is -0.291. The Morgan fingerprint density at radius 1 is 0.930 bits per heavy atom. The van der Waals surface area contributed by atoms with Crippen molar-refractivity contribution < 1.29 is 9.63 Å². The van der Waals surface area contributed by atoms with Crippen LogP contribution in [0.4, 0.5) is 0 Å². The predicted octanol–water partition coefficient (Wildman–Crippen LogP) is 7.94. The fourth-order valence-corrected chi connectivity index (χ4v) is 10.3. The largest absolute Gasteiger partial charge is 0.348 e. The van der Waals surface area contributed by atoms with Crippen LogP contribution in [0.2, 0.25) is 0 Å².